The Hall–Kier alpha value is -1.23. The smallest absolute Gasteiger partial charge is 0.0628 e. The molecule has 0 fully saturated rings. The van der Waals surface area contributed by atoms with Crippen molar-refractivity contribution in [3.05, 3.63) is 17.0 Å². The second-order valence-electron chi connectivity index (χ2n) is 3.17. The van der Waals surface area contributed by atoms with Crippen molar-refractivity contribution in [2.24, 2.45) is 0 Å². The lowest BCUT2D eigenvalue weighted by Gasteiger charge is -2.00. The van der Waals surface area contributed by atoms with E-state index < -0.39 is 0 Å². The van der Waals surface area contributed by atoms with Crippen molar-refractivity contribution < 1.29 is 0 Å². The molecule has 0 N–H and O–H groups in total. The number of aromatic nitrogens is 2. The van der Waals surface area contributed by atoms with E-state index in [9.17, 15) is 0 Å². The van der Waals surface area contributed by atoms with E-state index in [0.29, 0.717) is 0 Å². The van der Waals surface area contributed by atoms with Crippen LogP contribution in [0.1, 0.15) is 30.3 Å². The number of terminal acetylenes is 1. The highest BCUT2D eigenvalue weighted by atomic mass is 15.3. The van der Waals surface area contributed by atoms with Gasteiger partial charge in [-0.15, -0.1) is 12.3 Å². The van der Waals surface area contributed by atoms with E-state index >= 15 is 0 Å². The molecule has 0 aliphatic rings. The minimum atomic E-state index is 0.803. The molecule has 2 nitrogen and oxygen atoms in total. The van der Waals surface area contributed by atoms with E-state index in [1.807, 2.05) is 11.6 Å². The number of hydrogen-bond acceptors (Lipinski definition) is 1. The third-order valence-corrected chi connectivity index (χ3v) is 2.35. The Morgan fingerprint density at radius 1 is 1.46 bits per heavy atom. The molecule has 0 spiro atoms. The fraction of sp³-hybridized carbons (Fsp3) is 0.545. The summed E-state index contributed by atoms with van der Waals surface area (Å²) in [5.74, 6) is 2.66. The van der Waals surface area contributed by atoms with Crippen molar-refractivity contribution in [2.45, 2.75) is 40.2 Å². The molecule has 0 aliphatic heterocycles. The topological polar surface area (TPSA) is 17.8 Å². The van der Waals surface area contributed by atoms with Crippen molar-refractivity contribution in [3.63, 3.8) is 0 Å². The summed E-state index contributed by atoms with van der Waals surface area (Å²) < 4.78 is 2.03. The minimum absolute atomic E-state index is 0.803. The Morgan fingerprint density at radius 3 is 2.62 bits per heavy atom. The monoisotopic (exact) mass is 176 g/mol. The van der Waals surface area contributed by atoms with Crippen LogP contribution in [0.2, 0.25) is 0 Å². The predicted octanol–water partition coefficient (Wildman–Crippen LogP) is 2.09. The van der Waals surface area contributed by atoms with Gasteiger partial charge in [0.15, 0.2) is 0 Å². The lowest BCUT2D eigenvalue weighted by Crippen LogP contribution is -1.99. The van der Waals surface area contributed by atoms with Crippen LogP contribution in [0.5, 0.6) is 0 Å². The molecule has 13 heavy (non-hydrogen) atoms. The first-order valence-electron chi connectivity index (χ1n) is 4.67. The first kappa shape index (κ1) is 9.85. The molecule has 1 aromatic heterocycles. The van der Waals surface area contributed by atoms with Gasteiger partial charge in [-0.25, -0.2) is 0 Å². The maximum Gasteiger partial charge on any atom is 0.0628 e. The molecule has 0 amide bonds. The second-order valence-corrected chi connectivity index (χ2v) is 3.17. The molecule has 2 heteroatoms. The number of nitrogens with zero attached hydrogens (tertiary/aromatic N) is 2. The van der Waals surface area contributed by atoms with Gasteiger partial charge in [-0.1, -0.05) is 0 Å². The largest absolute Gasteiger partial charge is 0.270 e. The van der Waals surface area contributed by atoms with Crippen molar-refractivity contribution >= 4 is 0 Å². The van der Waals surface area contributed by atoms with Crippen LogP contribution in [0, 0.1) is 26.2 Å². The summed E-state index contributed by atoms with van der Waals surface area (Å²) in [6.45, 7) is 7.19. The number of aryl methyl sites for hydroxylation is 2. The van der Waals surface area contributed by atoms with Crippen molar-refractivity contribution in [2.75, 3.05) is 0 Å². The van der Waals surface area contributed by atoms with Gasteiger partial charge >= 0.3 is 0 Å². The lowest BCUT2D eigenvalue weighted by atomic mass is 10.1. The molecule has 0 saturated carbocycles. The van der Waals surface area contributed by atoms with Crippen LogP contribution in [0.15, 0.2) is 0 Å². The van der Waals surface area contributed by atoms with Gasteiger partial charge in [0.1, 0.15) is 0 Å². The maximum atomic E-state index is 5.24. The standard InChI is InChI=1S/C11H16N2/c1-5-7-8-11-9(3)12-13(6-2)10(11)4/h1H,6-8H2,2-4H3. The Bertz CT molecular complexity index is 329. The summed E-state index contributed by atoms with van der Waals surface area (Å²) >= 11 is 0. The van der Waals surface area contributed by atoms with E-state index in [0.717, 1.165) is 25.1 Å². The van der Waals surface area contributed by atoms with Gasteiger partial charge in [0.25, 0.3) is 0 Å². The normalized spacial score (nSPS) is 10.0. The van der Waals surface area contributed by atoms with Crippen LogP contribution in [-0.2, 0) is 13.0 Å². The van der Waals surface area contributed by atoms with Crippen LogP contribution in [0.3, 0.4) is 0 Å². The van der Waals surface area contributed by atoms with Gasteiger partial charge in [0, 0.05) is 18.7 Å². The first-order chi connectivity index (χ1) is 6.20. The average molecular weight is 176 g/mol. The third-order valence-electron chi connectivity index (χ3n) is 2.35. The van der Waals surface area contributed by atoms with Gasteiger partial charge in [-0.3, -0.25) is 4.68 Å². The fourth-order valence-electron chi connectivity index (χ4n) is 1.60. The van der Waals surface area contributed by atoms with Gasteiger partial charge in [0.2, 0.25) is 0 Å². The zero-order chi connectivity index (χ0) is 9.84. The lowest BCUT2D eigenvalue weighted by molar-refractivity contribution is 0.633. The molecule has 1 aromatic rings. The summed E-state index contributed by atoms with van der Waals surface area (Å²) in [7, 11) is 0. The Morgan fingerprint density at radius 2 is 2.15 bits per heavy atom. The van der Waals surface area contributed by atoms with E-state index in [4.69, 9.17) is 6.42 Å². The molecule has 0 atom stereocenters. The summed E-state index contributed by atoms with van der Waals surface area (Å²) in [5, 5.41) is 4.43. The Balaban J connectivity index is 2.93. The average Bonchev–Trinajstić information content (AvgIpc) is 2.39. The molecule has 0 bridgehead atoms. The van der Waals surface area contributed by atoms with Gasteiger partial charge in [-0.2, -0.15) is 5.10 Å². The Kier molecular flexibility index (Phi) is 3.13. The highest BCUT2D eigenvalue weighted by Gasteiger charge is 2.08. The predicted molar refractivity (Wildman–Crippen MR) is 54.5 cm³/mol. The zero-order valence-electron chi connectivity index (χ0n) is 8.59. The molecule has 0 aromatic carbocycles. The van der Waals surface area contributed by atoms with Crippen molar-refractivity contribution in [3.8, 4) is 12.3 Å². The van der Waals surface area contributed by atoms with E-state index in [1.54, 1.807) is 0 Å². The molecule has 0 aliphatic carbocycles. The molecule has 0 radical (unpaired) electrons. The quantitative estimate of drug-likeness (QED) is 0.645. The highest BCUT2D eigenvalue weighted by Crippen LogP contribution is 2.14. The summed E-state index contributed by atoms with van der Waals surface area (Å²) in [5.41, 5.74) is 3.70. The SMILES string of the molecule is C#CCCc1c(C)nn(CC)c1C. The molecule has 0 saturated heterocycles. The molecule has 1 rings (SSSR count). The van der Waals surface area contributed by atoms with Crippen LogP contribution < -0.4 is 0 Å². The van der Waals surface area contributed by atoms with E-state index in [2.05, 4.69) is 24.9 Å². The molecular formula is C11H16N2. The minimum Gasteiger partial charge on any atom is -0.270 e. The van der Waals surface area contributed by atoms with Gasteiger partial charge in [-0.05, 0) is 32.8 Å². The van der Waals surface area contributed by atoms with E-state index in [1.165, 1.54) is 11.3 Å². The summed E-state index contributed by atoms with van der Waals surface area (Å²) in [4.78, 5) is 0. The first-order valence-corrected chi connectivity index (χ1v) is 4.67. The molecule has 0 unspecified atom stereocenters. The van der Waals surface area contributed by atoms with Gasteiger partial charge < -0.3 is 0 Å². The van der Waals surface area contributed by atoms with Crippen LogP contribution >= 0.6 is 0 Å². The summed E-state index contributed by atoms with van der Waals surface area (Å²) in [6, 6.07) is 0. The Labute approximate surface area is 80.0 Å². The van der Waals surface area contributed by atoms with Crippen LogP contribution in [-0.4, -0.2) is 9.78 Å². The maximum absolute atomic E-state index is 5.24. The molecule has 70 valence electrons. The molecular weight excluding hydrogens is 160 g/mol. The van der Waals surface area contributed by atoms with E-state index in [-0.39, 0.29) is 0 Å². The molecule has 1 heterocycles. The van der Waals surface area contributed by atoms with Gasteiger partial charge in [0.05, 0.1) is 5.69 Å². The van der Waals surface area contributed by atoms with Crippen molar-refractivity contribution in [1.82, 2.24) is 9.78 Å². The van der Waals surface area contributed by atoms with Crippen molar-refractivity contribution in [1.29, 1.82) is 0 Å². The second kappa shape index (κ2) is 4.13. The highest BCUT2D eigenvalue weighted by molar-refractivity contribution is 5.25. The van der Waals surface area contributed by atoms with Crippen LogP contribution in [0.4, 0.5) is 0 Å². The number of rotatable bonds is 3. The third kappa shape index (κ3) is 1.92. The zero-order valence-corrected chi connectivity index (χ0v) is 8.59. The fourth-order valence-corrected chi connectivity index (χ4v) is 1.60. The number of hydrogen-bond donors (Lipinski definition) is 0. The van der Waals surface area contributed by atoms with Crippen LogP contribution in [0.25, 0.3) is 0 Å². The summed E-state index contributed by atoms with van der Waals surface area (Å²) in [6.07, 6.45) is 6.99.